The molecular weight excluding hydrogens is 434 g/mol. The van der Waals surface area contributed by atoms with E-state index in [1.165, 1.54) is 6.07 Å². The van der Waals surface area contributed by atoms with Crippen LogP contribution in [0.25, 0.3) is 11.0 Å². The van der Waals surface area contributed by atoms with Gasteiger partial charge in [0, 0.05) is 36.2 Å². The van der Waals surface area contributed by atoms with E-state index in [2.05, 4.69) is 45.0 Å². The average molecular weight is 456 g/mol. The predicted octanol–water partition coefficient (Wildman–Crippen LogP) is 3.95. The number of fused-ring (bicyclic) bond motifs is 1. The largest absolute Gasteiger partial charge is 0.451 e. The molecule has 1 aliphatic rings. The molecule has 1 unspecified atom stereocenters. The average Bonchev–Trinajstić information content (AvgIpc) is 2.69. The molecule has 7 heteroatoms. The molecular formula is C22H22BrN3O3. The van der Waals surface area contributed by atoms with E-state index in [0.717, 1.165) is 29.8 Å². The lowest BCUT2D eigenvalue weighted by Gasteiger charge is -2.40. The molecule has 2 aromatic carbocycles. The lowest BCUT2D eigenvalue weighted by molar-refractivity contribution is 0.0997. The Balaban J connectivity index is 1.67. The molecule has 29 heavy (non-hydrogen) atoms. The molecule has 0 aliphatic carbocycles. The Hall–Kier alpha value is -2.64. The summed E-state index contributed by atoms with van der Waals surface area (Å²) in [5.41, 5.74) is 1.79. The number of nitrogens with one attached hydrogen (secondary N) is 1. The van der Waals surface area contributed by atoms with Gasteiger partial charge in [-0.15, -0.1) is 0 Å². The Kier molecular flexibility index (Phi) is 5.43. The van der Waals surface area contributed by atoms with Crippen LogP contribution < -0.4 is 15.6 Å². The maximum Gasteiger partial charge on any atom is 0.291 e. The smallest absolute Gasteiger partial charge is 0.291 e. The van der Waals surface area contributed by atoms with Crippen LogP contribution in [-0.4, -0.2) is 43.5 Å². The first kappa shape index (κ1) is 19.7. The van der Waals surface area contributed by atoms with Crippen LogP contribution >= 0.6 is 15.9 Å². The van der Waals surface area contributed by atoms with Gasteiger partial charge >= 0.3 is 0 Å². The van der Waals surface area contributed by atoms with Crippen molar-refractivity contribution in [3.8, 4) is 0 Å². The number of rotatable bonds is 3. The summed E-state index contributed by atoms with van der Waals surface area (Å²) in [6.07, 6.45) is 0. The normalized spacial score (nSPS) is 17.5. The number of halogens is 1. The van der Waals surface area contributed by atoms with E-state index in [4.69, 9.17) is 4.42 Å². The van der Waals surface area contributed by atoms with Gasteiger partial charge < -0.3 is 19.5 Å². The summed E-state index contributed by atoms with van der Waals surface area (Å²) >= 11 is 3.48. The minimum atomic E-state index is -0.450. The summed E-state index contributed by atoms with van der Waals surface area (Å²) in [5, 5.41) is 3.39. The first-order valence-corrected chi connectivity index (χ1v) is 10.3. The van der Waals surface area contributed by atoms with Gasteiger partial charge in [-0.05, 0) is 44.3 Å². The van der Waals surface area contributed by atoms with Gasteiger partial charge in [0.15, 0.2) is 11.2 Å². The van der Waals surface area contributed by atoms with Crippen molar-refractivity contribution in [2.24, 2.45) is 0 Å². The fraction of sp³-hybridized carbons (Fsp3) is 0.273. The van der Waals surface area contributed by atoms with E-state index in [9.17, 15) is 9.59 Å². The van der Waals surface area contributed by atoms with Crippen LogP contribution in [0.5, 0.6) is 0 Å². The Labute approximate surface area is 177 Å². The Morgan fingerprint density at radius 2 is 1.97 bits per heavy atom. The number of para-hydroxylation sites is 1. The quantitative estimate of drug-likeness (QED) is 0.647. The highest BCUT2D eigenvalue weighted by atomic mass is 79.9. The second-order valence-corrected chi connectivity index (χ2v) is 8.31. The van der Waals surface area contributed by atoms with Crippen molar-refractivity contribution in [1.82, 2.24) is 4.90 Å². The van der Waals surface area contributed by atoms with Gasteiger partial charge in [0.25, 0.3) is 5.91 Å². The van der Waals surface area contributed by atoms with Gasteiger partial charge in [-0.2, -0.15) is 0 Å². The predicted molar refractivity (Wildman–Crippen MR) is 119 cm³/mol. The van der Waals surface area contributed by atoms with Crippen LogP contribution in [-0.2, 0) is 0 Å². The fourth-order valence-electron chi connectivity index (χ4n) is 3.76. The topological polar surface area (TPSA) is 65.8 Å². The summed E-state index contributed by atoms with van der Waals surface area (Å²) in [5.74, 6) is -0.458. The second-order valence-electron chi connectivity index (χ2n) is 7.39. The maximum atomic E-state index is 12.9. The zero-order valence-corrected chi connectivity index (χ0v) is 17.9. The third-order valence-corrected chi connectivity index (χ3v) is 5.70. The minimum absolute atomic E-state index is 0.00829. The number of carbonyl (C=O) groups excluding carboxylic acids is 1. The first-order valence-electron chi connectivity index (χ1n) is 9.51. The van der Waals surface area contributed by atoms with Crippen molar-refractivity contribution in [1.29, 1.82) is 0 Å². The number of carbonyl (C=O) groups is 1. The molecule has 1 saturated heterocycles. The number of hydrogen-bond acceptors (Lipinski definition) is 5. The van der Waals surface area contributed by atoms with Gasteiger partial charge in [0.1, 0.15) is 5.58 Å². The zero-order chi connectivity index (χ0) is 20.5. The summed E-state index contributed by atoms with van der Waals surface area (Å²) < 4.78 is 6.54. The molecule has 1 amide bonds. The van der Waals surface area contributed by atoms with Crippen LogP contribution in [0.4, 0.5) is 11.4 Å². The van der Waals surface area contributed by atoms with Crippen molar-refractivity contribution in [3.05, 3.63) is 69.0 Å². The molecule has 2 heterocycles. The van der Waals surface area contributed by atoms with Crippen molar-refractivity contribution in [3.63, 3.8) is 0 Å². The minimum Gasteiger partial charge on any atom is -0.451 e. The molecule has 0 saturated carbocycles. The molecule has 0 spiro atoms. The standard InChI is InChI=1S/C22H22BrN3O3/c1-14-13-25(2)9-10-26(14)18-8-7-15(23)11-17(18)24-22(28)21-12-19(27)16-5-3-4-6-20(16)29-21/h3-8,11-12,14H,9-10,13H2,1-2H3,(H,24,28). The molecule has 6 nitrogen and oxygen atoms in total. The number of nitrogens with zero attached hydrogens (tertiary/aromatic N) is 2. The third-order valence-electron chi connectivity index (χ3n) is 5.21. The highest BCUT2D eigenvalue weighted by Crippen LogP contribution is 2.32. The summed E-state index contributed by atoms with van der Waals surface area (Å²) in [7, 11) is 2.11. The Bertz CT molecular complexity index is 1130. The summed E-state index contributed by atoms with van der Waals surface area (Å²) in [6, 6.07) is 14.3. The molecule has 4 rings (SSSR count). The van der Waals surface area contributed by atoms with Gasteiger partial charge in [-0.1, -0.05) is 28.1 Å². The summed E-state index contributed by atoms with van der Waals surface area (Å²) in [4.78, 5) is 29.8. The lowest BCUT2D eigenvalue weighted by atomic mass is 10.1. The first-order chi connectivity index (χ1) is 13.9. The van der Waals surface area contributed by atoms with Crippen molar-refractivity contribution in [2.75, 3.05) is 36.9 Å². The lowest BCUT2D eigenvalue weighted by Crippen LogP contribution is -2.50. The number of benzene rings is 2. The van der Waals surface area contributed by atoms with E-state index in [1.54, 1.807) is 24.3 Å². The molecule has 0 bridgehead atoms. The van der Waals surface area contributed by atoms with Gasteiger partial charge in [-0.3, -0.25) is 9.59 Å². The molecule has 1 aromatic heterocycles. The van der Waals surface area contributed by atoms with E-state index in [0.29, 0.717) is 22.7 Å². The van der Waals surface area contributed by atoms with Crippen molar-refractivity contribution in [2.45, 2.75) is 13.0 Å². The second kappa shape index (κ2) is 8.00. The van der Waals surface area contributed by atoms with Crippen LogP contribution in [0.15, 0.2) is 62.2 Å². The molecule has 1 aliphatic heterocycles. The Morgan fingerprint density at radius 3 is 2.76 bits per heavy atom. The van der Waals surface area contributed by atoms with Gasteiger partial charge in [0.2, 0.25) is 0 Å². The monoisotopic (exact) mass is 455 g/mol. The number of likely N-dealkylation sites (N-methyl/N-ethyl adjacent to an activating group) is 1. The van der Waals surface area contributed by atoms with E-state index >= 15 is 0 Å². The molecule has 1 atom stereocenters. The van der Waals surface area contributed by atoms with E-state index in [-0.39, 0.29) is 11.2 Å². The van der Waals surface area contributed by atoms with Crippen molar-refractivity contribution < 1.29 is 9.21 Å². The van der Waals surface area contributed by atoms with Crippen LogP contribution in [0, 0.1) is 0 Å². The van der Waals surface area contributed by atoms with E-state index in [1.807, 2.05) is 18.2 Å². The van der Waals surface area contributed by atoms with Crippen LogP contribution in [0.2, 0.25) is 0 Å². The number of hydrogen-bond donors (Lipinski definition) is 1. The fourth-order valence-corrected chi connectivity index (χ4v) is 4.12. The number of amides is 1. The van der Waals surface area contributed by atoms with Gasteiger partial charge in [-0.25, -0.2) is 0 Å². The molecule has 150 valence electrons. The highest BCUT2D eigenvalue weighted by Gasteiger charge is 2.24. The third kappa shape index (κ3) is 4.06. The van der Waals surface area contributed by atoms with Crippen LogP contribution in [0.3, 0.4) is 0 Å². The van der Waals surface area contributed by atoms with Crippen molar-refractivity contribution >= 4 is 44.2 Å². The maximum absolute atomic E-state index is 12.9. The summed E-state index contributed by atoms with van der Waals surface area (Å²) in [6.45, 7) is 4.94. The van der Waals surface area contributed by atoms with Gasteiger partial charge in [0.05, 0.1) is 16.8 Å². The molecule has 1 N–H and O–H groups in total. The van der Waals surface area contributed by atoms with E-state index < -0.39 is 5.91 Å². The molecule has 3 aromatic rings. The SMILES string of the molecule is CC1CN(C)CCN1c1ccc(Br)cc1NC(=O)c1cc(=O)c2ccccc2o1. The highest BCUT2D eigenvalue weighted by molar-refractivity contribution is 9.10. The number of anilines is 2. The molecule has 0 radical (unpaired) electrons. The number of piperazine rings is 1. The van der Waals surface area contributed by atoms with Crippen LogP contribution in [0.1, 0.15) is 17.5 Å². The Morgan fingerprint density at radius 1 is 1.17 bits per heavy atom. The zero-order valence-electron chi connectivity index (χ0n) is 16.3. The molecule has 1 fully saturated rings.